The molecule has 4 heteroatoms. The van der Waals surface area contributed by atoms with Gasteiger partial charge in [0.15, 0.2) is 6.33 Å². The van der Waals surface area contributed by atoms with Crippen LogP contribution in [0.15, 0.2) is 12.5 Å². The number of nitrogens with zero attached hydrogens (tertiary/aromatic N) is 2. The number of imidazole rings is 1. The standard InChI is InChI=1S/C6H6N4/c1-4-2-7-5-6(10-4)9-3-8-5/h2-3H,1H3,(H,7,8,9,10)/p+1. The van der Waals surface area contributed by atoms with Crippen molar-refractivity contribution in [3.8, 4) is 0 Å². The number of aryl methyl sites for hydroxylation is 1. The third-order valence-corrected chi connectivity index (χ3v) is 1.31. The SMILES string of the molecule is Cc1cnc2[nH+]c[nH]c2n1. The molecule has 0 aromatic carbocycles. The number of H-pyrrole nitrogens is 2. The molecule has 0 bridgehead atoms. The minimum absolute atomic E-state index is 0.797. The van der Waals surface area contributed by atoms with Crippen molar-refractivity contribution in [1.82, 2.24) is 15.0 Å². The highest BCUT2D eigenvalue weighted by molar-refractivity contribution is 5.59. The molecular formula is C6H7N4+. The molecule has 4 nitrogen and oxygen atoms in total. The molecule has 0 aliphatic rings. The van der Waals surface area contributed by atoms with Crippen molar-refractivity contribution in [2.24, 2.45) is 0 Å². The van der Waals surface area contributed by atoms with Crippen LogP contribution in [0.5, 0.6) is 0 Å². The third-order valence-electron chi connectivity index (χ3n) is 1.31. The summed E-state index contributed by atoms with van der Waals surface area (Å²) in [7, 11) is 0. The average Bonchev–Trinajstić information content (AvgIpc) is 2.33. The Labute approximate surface area is 57.3 Å². The lowest BCUT2D eigenvalue weighted by molar-refractivity contribution is -0.347. The zero-order valence-corrected chi connectivity index (χ0v) is 5.55. The number of nitrogens with one attached hydrogen (secondary N) is 2. The molecule has 0 amide bonds. The minimum Gasteiger partial charge on any atom is -0.258 e. The van der Waals surface area contributed by atoms with Crippen LogP contribution in [0.25, 0.3) is 11.3 Å². The van der Waals surface area contributed by atoms with E-state index in [4.69, 9.17) is 0 Å². The molecule has 2 heterocycles. The molecule has 2 rings (SSSR count). The third kappa shape index (κ3) is 0.655. The van der Waals surface area contributed by atoms with E-state index in [1.165, 1.54) is 0 Å². The summed E-state index contributed by atoms with van der Waals surface area (Å²) in [5, 5.41) is 0. The monoisotopic (exact) mass is 135 g/mol. The summed E-state index contributed by atoms with van der Waals surface area (Å²) >= 11 is 0. The highest BCUT2D eigenvalue weighted by Gasteiger charge is 2.03. The summed E-state index contributed by atoms with van der Waals surface area (Å²) in [4.78, 5) is 14.1. The Bertz CT molecular complexity index is 351. The quantitative estimate of drug-likeness (QED) is 0.556. The van der Waals surface area contributed by atoms with E-state index in [1.54, 1.807) is 12.5 Å². The molecule has 10 heavy (non-hydrogen) atoms. The Morgan fingerprint density at radius 3 is 3.40 bits per heavy atom. The van der Waals surface area contributed by atoms with Crippen molar-refractivity contribution >= 4 is 11.3 Å². The maximum Gasteiger partial charge on any atom is 0.319 e. The van der Waals surface area contributed by atoms with Gasteiger partial charge in [-0.25, -0.2) is 9.97 Å². The van der Waals surface area contributed by atoms with Gasteiger partial charge in [0.05, 0.1) is 5.69 Å². The van der Waals surface area contributed by atoms with E-state index in [1.807, 2.05) is 6.92 Å². The second-order valence-corrected chi connectivity index (χ2v) is 2.14. The van der Waals surface area contributed by atoms with Gasteiger partial charge in [0.1, 0.15) is 6.20 Å². The Morgan fingerprint density at radius 2 is 2.50 bits per heavy atom. The molecule has 2 N–H and O–H groups in total. The number of aromatic amines is 2. The topological polar surface area (TPSA) is 55.7 Å². The zero-order chi connectivity index (χ0) is 6.97. The summed E-state index contributed by atoms with van der Waals surface area (Å²) in [6, 6.07) is 0. The van der Waals surface area contributed by atoms with E-state index in [0.29, 0.717) is 0 Å². The van der Waals surface area contributed by atoms with Gasteiger partial charge in [-0.3, -0.25) is 4.98 Å². The normalized spacial score (nSPS) is 10.5. The highest BCUT2D eigenvalue weighted by atomic mass is 15.0. The lowest BCUT2D eigenvalue weighted by Crippen LogP contribution is -1.97. The first-order valence-electron chi connectivity index (χ1n) is 3.05. The summed E-state index contributed by atoms with van der Waals surface area (Å²) in [5.41, 5.74) is 2.52. The van der Waals surface area contributed by atoms with E-state index >= 15 is 0 Å². The van der Waals surface area contributed by atoms with E-state index in [9.17, 15) is 0 Å². The van der Waals surface area contributed by atoms with Gasteiger partial charge in [0, 0.05) is 0 Å². The molecular weight excluding hydrogens is 128 g/mol. The van der Waals surface area contributed by atoms with Gasteiger partial charge in [0.2, 0.25) is 0 Å². The highest BCUT2D eigenvalue weighted by Crippen LogP contribution is 1.97. The van der Waals surface area contributed by atoms with Gasteiger partial charge >= 0.3 is 5.65 Å². The van der Waals surface area contributed by atoms with Crippen molar-refractivity contribution in [3.05, 3.63) is 18.2 Å². The summed E-state index contributed by atoms with van der Waals surface area (Å²) in [6.45, 7) is 1.91. The van der Waals surface area contributed by atoms with Gasteiger partial charge in [-0.15, -0.1) is 4.98 Å². The molecule has 2 aromatic rings. The first-order chi connectivity index (χ1) is 4.86. The van der Waals surface area contributed by atoms with E-state index in [2.05, 4.69) is 19.9 Å². The maximum absolute atomic E-state index is 4.19. The maximum atomic E-state index is 4.19. The minimum atomic E-state index is 0.797. The van der Waals surface area contributed by atoms with Crippen LogP contribution in [0.3, 0.4) is 0 Å². The summed E-state index contributed by atoms with van der Waals surface area (Å²) < 4.78 is 0. The Morgan fingerprint density at radius 1 is 1.60 bits per heavy atom. The molecule has 0 aliphatic carbocycles. The number of hydrogen-bond donors (Lipinski definition) is 1. The first kappa shape index (κ1) is 5.34. The van der Waals surface area contributed by atoms with Gasteiger partial charge in [-0.1, -0.05) is 0 Å². The molecule has 50 valence electrons. The molecule has 2 aromatic heterocycles. The van der Waals surface area contributed by atoms with Crippen molar-refractivity contribution in [2.75, 3.05) is 0 Å². The van der Waals surface area contributed by atoms with Crippen LogP contribution in [-0.4, -0.2) is 15.0 Å². The molecule has 0 atom stereocenters. The van der Waals surface area contributed by atoms with Crippen LogP contribution in [0.2, 0.25) is 0 Å². The van der Waals surface area contributed by atoms with Crippen molar-refractivity contribution in [1.29, 1.82) is 0 Å². The fraction of sp³-hybridized carbons (Fsp3) is 0.167. The molecule has 0 fully saturated rings. The first-order valence-corrected chi connectivity index (χ1v) is 3.05. The second kappa shape index (κ2) is 1.76. The molecule has 0 unspecified atom stereocenters. The fourth-order valence-corrected chi connectivity index (χ4v) is 0.856. The van der Waals surface area contributed by atoms with Gasteiger partial charge in [-0.05, 0) is 6.92 Å². The molecule has 0 aliphatic heterocycles. The van der Waals surface area contributed by atoms with Crippen LogP contribution in [-0.2, 0) is 0 Å². The number of hydrogen-bond acceptors (Lipinski definition) is 2. The van der Waals surface area contributed by atoms with Crippen molar-refractivity contribution < 1.29 is 4.98 Å². The van der Waals surface area contributed by atoms with Crippen LogP contribution in [0, 0.1) is 6.92 Å². The van der Waals surface area contributed by atoms with E-state index < -0.39 is 0 Å². The summed E-state index contributed by atoms with van der Waals surface area (Å²) in [5.74, 6) is 0. The van der Waals surface area contributed by atoms with Gasteiger partial charge in [0.25, 0.3) is 5.65 Å². The van der Waals surface area contributed by atoms with Crippen LogP contribution < -0.4 is 4.98 Å². The van der Waals surface area contributed by atoms with E-state index in [0.717, 1.165) is 17.0 Å². The Hall–Kier alpha value is -1.45. The summed E-state index contributed by atoms with van der Waals surface area (Å²) in [6.07, 6.45) is 3.44. The van der Waals surface area contributed by atoms with Crippen LogP contribution in [0.1, 0.15) is 5.69 Å². The Balaban J connectivity index is 2.86. The largest absolute Gasteiger partial charge is 0.319 e. The van der Waals surface area contributed by atoms with Gasteiger partial charge < -0.3 is 0 Å². The average molecular weight is 135 g/mol. The predicted molar refractivity (Wildman–Crippen MR) is 35.2 cm³/mol. The van der Waals surface area contributed by atoms with Crippen LogP contribution in [0.4, 0.5) is 0 Å². The predicted octanol–water partition coefficient (Wildman–Crippen LogP) is 0.0804. The lowest BCUT2D eigenvalue weighted by Gasteiger charge is -1.81. The molecule has 0 radical (unpaired) electrons. The van der Waals surface area contributed by atoms with Crippen LogP contribution >= 0.6 is 0 Å². The molecule has 0 saturated heterocycles. The lowest BCUT2D eigenvalue weighted by atomic mass is 10.5. The smallest absolute Gasteiger partial charge is 0.258 e. The van der Waals surface area contributed by atoms with E-state index in [-0.39, 0.29) is 0 Å². The number of rotatable bonds is 0. The number of aromatic nitrogens is 4. The zero-order valence-electron chi connectivity index (χ0n) is 5.55. The van der Waals surface area contributed by atoms with Crippen molar-refractivity contribution in [3.63, 3.8) is 0 Å². The molecule has 0 saturated carbocycles. The molecule has 0 spiro atoms. The fourth-order valence-electron chi connectivity index (χ4n) is 0.856. The number of fused-ring (bicyclic) bond motifs is 1. The Kier molecular flexibility index (Phi) is 0.943. The second-order valence-electron chi connectivity index (χ2n) is 2.14. The van der Waals surface area contributed by atoms with Crippen molar-refractivity contribution in [2.45, 2.75) is 6.92 Å². The van der Waals surface area contributed by atoms with Gasteiger partial charge in [-0.2, -0.15) is 0 Å².